The van der Waals surface area contributed by atoms with E-state index in [4.69, 9.17) is 0 Å². The second kappa shape index (κ2) is 4.93. The number of carbonyl (C=O) groups is 2. The van der Waals surface area contributed by atoms with Crippen molar-refractivity contribution in [3.05, 3.63) is 23.3 Å². The van der Waals surface area contributed by atoms with Crippen molar-refractivity contribution in [2.45, 2.75) is 46.3 Å². The second-order valence-electron chi connectivity index (χ2n) is 5.80. The number of allylic oxidation sites excluding steroid dienone is 2. The van der Waals surface area contributed by atoms with Crippen LogP contribution in [0, 0.1) is 11.3 Å². The molecular formula is C15H20O4. The maximum atomic E-state index is 11.5. The third-order valence-electron chi connectivity index (χ3n) is 4.62. The Balaban J connectivity index is 2.10. The topological polar surface area (TPSA) is 63.6 Å². The van der Waals surface area contributed by atoms with Crippen molar-refractivity contribution in [2.24, 2.45) is 11.3 Å². The molecule has 0 aromatic rings. The summed E-state index contributed by atoms with van der Waals surface area (Å²) in [5.41, 5.74) is 1.53. The Morgan fingerprint density at radius 1 is 1.47 bits per heavy atom. The minimum Gasteiger partial charge on any atom is -0.429 e. The summed E-state index contributed by atoms with van der Waals surface area (Å²) in [6.45, 7) is 6.18. The highest BCUT2D eigenvalue weighted by Gasteiger charge is 2.38. The average Bonchev–Trinajstić information content (AvgIpc) is 2.62. The van der Waals surface area contributed by atoms with Crippen LogP contribution in [0.4, 0.5) is 0 Å². The number of aliphatic hydroxyl groups excluding tert-OH is 1. The predicted molar refractivity (Wildman–Crippen MR) is 70.1 cm³/mol. The van der Waals surface area contributed by atoms with E-state index >= 15 is 0 Å². The van der Waals surface area contributed by atoms with E-state index in [2.05, 4.69) is 18.6 Å². The third kappa shape index (κ3) is 2.63. The van der Waals surface area contributed by atoms with Crippen molar-refractivity contribution >= 4 is 11.8 Å². The number of hydrogen-bond acceptors (Lipinski definition) is 4. The van der Waals surface area contributed by atoms with Gasteiger partial charge in [0.15, 0.2) is 5.78 Å². The largest absolute Gasteiger partial charge is 0.429 e. The normalized spacial score (nSPS) is 34.9. The zero-order valence-corrected chi connectivity index (χ0v) is 11.6. The van der Waals surface area contributed by atoms with Gasteiger partial charge in [0.05, 0.1) is 0 Å². The maximum Gasteiger partial charge on any atom is 0.336 e. The first-order valence-electron chi connectivity index (χ1n) is 6.64. The Kier molecular flexibility index (Phi) is 3.63. The molecule has 104 valence electrons. The number of carbonyl (C=O) groups excluding carboxylic acids is 2. The van der Waals surface area contributed by atoms with Crippen LogP contribution in [0.25, 0.3) is 0 Å². The standard InChI is InChI=1S/C15H20O4/c1-9-6-12(16)7-10(2)15(9,3)5-4-11-8-13(17)19-14(11)18/h6,8,10,13,17H,4-5,7H2,1-3H3/t10-,13?,15-/m1/s1. The summed E-state index contributed by atoms with van der Waals surface area (Å²) in [5.74, 6) is 0.00241. The molecule has 0 saturated heterocycles. The van der Waals surface area contributed by atoms with Crippen LogP contribution in [0.2, 0.25) is 0 Å². The summed E-state index contributed by atoms with van der Waals surface area (Å²) in [5, 5.41) is 9.23. The number of esters is 1. The van der Waals surface area contributed by atoms with Crippen LogP contribution in [0.1, 0.15) is 40.0 Å². The molecule has 1 N–H and O–H groups in total. The summed E-state index contributed by atoms with van der Waals surface area (Å²) in [6.07, 6.45) is 3.98. The van der Waals surface area contributed by atoms with Gasteiger partial charge in [-0.3, -0.25) is 4.79 Å². The monoisotopic (exact) mass is 264 g/mol. The van der Waals surface area contributed by atoms with Crippen LogP contribution in [-0.2, 0) is 14.3 Å². The summed E-state index contributed by atoms with van der Waals surface area (Å²) in [7, 11) is 0. The molecule has 0 aromatic carbocycles. The van der Waals surface area contributed by atoms with Crippen LogP contribution in [0.5, 0.6) is 0 Å². The van der Waals surface area contributed by atoms with E-state index < -0.39 is 12.3 Å². The molecule has 0 saturated carbocycles. The first-order chi connectivity index (χ1) is 8.83. The molecule has 19 heavy (non-hydrogen) atoms. The number of hydrogen-bond donors (Lipinski definition) is 1. The van der Waals surface area contributed by atoms with Crippen LogP contribution in [0.15, 0.2) is 23.3 Å². The quantitative estimate of drug-likeness (QED) is 0.793. The molecular weight excluding hydrogens is 244 g/mol. The molecule has 0 aromatic heterocycles. The lowest BCUT2D eigenvalue weighted by Crippen LogP contribution is -2.32. The van der Waals surface area contributed by atoms with Crippen LogP contribution >= 0.6 is 0 Å². The molecule has 1 unspecified atom stereocenters. The fraction of sp³-hybridized carbons (Fsp3) is 0.600. The van der Waals surface area contributed by atoms with Crippen molar-refractivity contribution in [3.8, 4) is 0 Å². The van der Waals surface area contributed by atoms with Crippen LogP contribution < -0.4 is 0 Å². The molecule has 0 fully saturated rings. The minimum absolute atomic E-state index is 0.0808. The van der Waals surface area contributed by atoms with Gasteiger partial charge in [-0.25, -0.2) is 4.79 Å². The average molecular weight is 264 g/mol. The Morgan fingerprint density at radius 2 is 2.16 bits per heavy atom. The molecule has 0 amide bonds. The maximum absolute atomic E-state index is 11.5. The molecule has 1 aliphatic heterocycles. The van der Waals surface area contributed by atoms with E-state index in [1.54, 1.807) is 6.08 Å². The molecule has 0 bridgehead atoms. The van der Waals surface area contributed by atoms with E-state index in [9.17, 15) is 14.7 Å². The Hall–Kier alpha value is -1.42. The van der Waals surface area contributed by atoms with Gasteiger partial charge in [0.2, 0.25) is 6.29 Å². The summed E-state index contributed by atoms with van der Waals surface area (Å²) in [6, 6.07) is 0. The smallest absolute Gasteiger partial charge is 0.336 e. The van der Waals surface area contributed by atoms with E-state index in [0.29, 0.717) is 18.4 Å². The molecule has 3 atom stereocenters. The first kappa shape index (κ1) is 14.0. The number of aliphatic hydroxyl groups is 1. The van der Waals surface area contributed by atoms with E-state index in [1.165, 1.54) is 6.08 Å². The summed E-state index contributed by atoms with van der Waals surface area (Å²) >= 11 is 0. The number of rotatable bonds is 3. The molecule has 4 nitrogen and oxygen atoms in total. The van der Waals surface area contributed by atoms with Crippen molar-refractivity contribution in [1.29, 1.82) is 0 Å². The SMILES string of the molecule is CC1=CC(=O)C[C@@H](C)[C@]1(C)CCC1=CC(O)OC1=O. The van der Waals surface area contributed by atoms with Gasteiger partial charge in [0.25, 0.3) is 0 Å². The van der Waals surface area contributed by atoms with Crippen molar-refractivity contribution in [3.63, 3.8) is 0 Å². The van der Waals surface area contributed by atoms with Crippen LogP contribution in [0.3, 0.4) is 0 Å². The van der Waals surface area contributed by atoms with E-state index in [0.717, 1.165) is 12.0 Å². The predicted octanol–water partition coefficient (Wildman–Crippen LogP) is 2.13. The van der Waals surface area contributed by atoms with Gasteiger partial charge < -0.3 is 9.84 Å². The zero-order chi connectivity index (χ0) is 14.2. The molecule has 0 radical (unpaired) electrons. The van der Waals surface area contributed by atoms with Gasteiger partial charge in [0.1, 0.15) is 0 Å². The first-order valence-corrected chi connectivity index (χ1v) is 6.64. The highest BCUT2D eigenvalue weighted by Crippen LogP contribution is 2.45. The van der Waals surface area contributed by atoms with Crippen molar-refractivity contribution < 1.29 is 19.4 Å². The fourth-order valence-electron chi connectivity index (χ4n) is 2.86. The minimum atomic E-state index is -1.10. The third-order valence-corrected chi connectivity index (χ3v) is 4.62. The van der Waals surface area contributed by atoms with Crippen LogP contribution in [-0.4, -0.2) is 23.1 Å². The van der Waals surface area contributed by atoms with Gasteiger partial charge in [0, 0.05) is 12.0 Å². The number of ether oxygens (including phenoxy) is 1. The lowest BCUT2D eigenvalue weighted by Gasteiger charge is -2.39. The van der Waals surface area contributed by atoms with Crippen molar-refractivity contribution in [2.75, 3.05) is 0 Å². The Labute approximate surface area is 113 Å². The van der Waals surface area contributed by atoms with Gasteiger partial charge in [-0.15, -0.1) is 0 Å². The van der Waals surface area contributed by atoms with Crippen molar-refractivity contribution in [1.82, 2.24) is 0 Å². The molecule has 1 heterocycles. The van der Waals surface area contributed by atoms with Gasteiger partial charge in [-0.2, -0.15) is 0 Å². The molecule has 4 heteroatoms. The molecule has 1 aliphatic carbocycles. The molecule has 2 rings (SSSR count). The lowest BCUT2D eigenvalue weighted by molar-refractivity contribution is -0.151. The fourth-order valence-corrected chi connectivity index (χ4v) is 2.86. The van der Waals surface area contributed by atoms with Gasteiger partial charge in [-0.05, 0) is 43.3 Å². The Morgan fingerprint density at radius 3 is 2.68 bits per heavy atom. The highest BCUT2D eigenvalue weighted by atomic mass is 16.6. The van der Waals surface area contributed by atoms with E-state index in [1.807, 2.05) is 6.92 Å². The Bertz CT molecular complexity index is 475. The molecule has 0 spiro atoms. The second-order valence-corrected chi connectivity index (χ2v) is 5.80. The summed E-state index contributed by atoms with van der Waals surface area (Å²) in [4.78, 5) is 23.0. The number of cyclic esters (lactones) is 1. The summed E-state index contributed by atoms with van der Waals surface area (Å²) < 4.78 is 4.67. The highest BCUT2D eigenvalue weighted by molar-refractivity contribution is 5.92. The van der Waals surface area contributed by atoms with Gasteiger partial charge >= 0.3 is 5.97 Å². The van der Waals surface area contributed by atoms with E-state index in [-0.39, 0.29) is 17.1 Å². The number of ketones is 1. The lowest BCUT2D eigenvalue weighted by atomic mass is 9.64. The zero-order valence-electron chi connectivity index (χ0n) is 11.6. The molecule has 2 aliphatic rings. The van der Waals surface area contributed by atoms with Gasteiger partial charge in [-0.1, -0.05) is 19.4 Å².